The Hall–Kier alpha value is -0.630. The summed E-state index contributed by atoms with van der Waals surface area (Å²) in [4.78, 5) is 0. The molecule has 1 heterocycles. The zero-order valence-electron chi connectivity index (χ0n) is 11.2. The summed E-state index contributed by atoms with van der Waals surface area (Å²) in [6, 6.07) is 2.63. The molecule has 1 rings (SSSR count). The van der Waals surface area contributed by atoms with Gasteiger partial charge in [-0.25, -0.2) is 0 Å². The predicted octanol–water partition coefficient (Wildman–Crippen LogP) is 1.71. The molecule has 98 valence electrons. The van der Waals surface area contributed by atoms with Crippen molar-refractivity contribution in [3.63, 3.8) is 0 Å². The van der Waals surface area contributed by atoms with Gasteiger partial charge in [-0.1, -0.05) is 0 Å². The van der Waals surface area contributed by atoms with E-state index in [1.54, 1.807) is 0 Å². The molecule has 4 nitrogen and oxygen atoms in total. The molecule has 1 aliphatic heterocycles. The Morgan fingerprint density at radius 2 is 2.35 bits per heavy atom. The van der Waals surface area contributed by atoms with Crippen molar-refractivity contribution in [1.29, 1.82) is 5.26 Å². The molecule has 4 heteroatoms. The molecule has 0 saturated carbocycles. The molecular weight excluding hydrogens is 216 g/mol. The van der Waals surface area contributed by atoms with Gasteiger partial charge in [0.15, 0.2) is 0 Å². The molecule has 1 N–H and O–H groups in total. The molecule has 0 aliphatic carbocycles. The van der Waals surface area contributed by atoms with E-state index in [4.69, 9.17) is 14.7 Å². The van der Waals surface area contributed by atoms with Gasteiger partial charge in [-0.2, -0.15) is 5.26 Å². The average Bonchev–Trinajstić information content (AvgIpc) is 2.76. The Bertz CT molecular complexity index is 257. The van der Waals surface area contributed by atoms with Crippen LogP contribution in [0, 0.1) is 17.2 Å². The van der Waals surface area contributed by atoms with Crippen LogP contribution >= 0.6 is 0 Å². The molecule has 1 fully saturated rings. The first-order chi connectivity index (χ1) is 8.06. The number of ether oxygens (including phenoxy) is 2. The van der Waals surface area contributed by atoms with Gasteiger partial charge < -0.3 is 9.47 Å². The van der Waals surface area contributed by atoms with Crippen LogP contribution in [0.4, 0.5) is 0 Å². The van der Waals surface area contributed by atoms with Crippen molar-refractivity contribution >= 4 is 0 Å². The van der Waals surface area contributed by atoms with E-state index in [9.17, 15) is 0 Å². The third kappa shape index (κ3) is 5.49. The van der Waals surface area contributed by atoms with Gasteiger partial charge in [-0.15, -0.1) is 0 Å². The lowest BCUT2D eigenvalue weighted by Gasteiger charge is -2.25. The fraction of sp³-hybridized carbons (Fsp3) is 0.923. The maximum absolute atomic E-state index is 9.16. The summed E-state index contributed by atoms with van der Waals surface area (Å²) in [6.45, 7) is 9.08. The normalized spacial score (nSPS) is 23.6. The van der Waals surface area contributed by atoms with Crippen LogP contribution in [-0.4, -0.2) is 38.0 Å². The second-order valence-electron chi connectivity index (χ2n) is 5.30. The Labute approximate surface area is 104 Å². The fourth-order valence-electron chi connectivity index (χ4n) is 2.04. The Kier molecular flexibility index (Phi) is 5.90. The van der Waals surface area contributed by atoms with Crippen LogP contribution in [0.5, 0.6) is 0 Å². The van der Waals surface area contributed by atoms with Crippen molar-refractivity contribution in [3.8, 4) is 6.07 Å². The number of nitrogens with zero attached hydrogens (tertiary/aromatic N) is 1. The maximum Gasteiger partial charge on any atom is 0.106 e. The molecule has 0 aromatic heterocycles. The van der Waals surface area contributed by atoms with E-state index < -0.39 is 5.54 Å². The van der Waals surface area contributed by atoms with E-state index in [1.807, 2.05) is 20.8 Å². The Balaban J connectivity index is 2.16. The molecular formula is C13H24N2O2. The molecule has 0 spiro atoms. The fourth-order valence-corrected chi connectivity index (χ4v) is 2.04. The van der Waals surface area contributed by atoms with Gasteiger partial charge in [0.05, 0.1) is 19.3 Å². The summed E-state index contributed by atoms with van der Waals surface area (Å²) >= 11 is 0. The number of hydrogen-bond acceptors (Lipinski definition) is 4. The highest BCUT2D eigenvalue weighted by molar-refractivity contribution is 5.04. The number of nitrogens with one attached hydrogen (secondary N) is 1. The van der Waals surface area contributed by atoms with Gasteiger partial charge in [0.25, 0.3) is 0 Å². The van der Waals surface area contributed by atoms with Crippen molar-refractivity contribution in [2.24, 2.45) is 5.92 Å². The largest absolute Gasteiger partial charge is 0.381 e. The average molecular weight is 240 g/mol. The lowest BCUT2D eigenvalue weighted by atomic mass is 9.99. The zero-order chi connectivity index (χ0) is 12.7. The van der Waals surface area contributed by atoms with Gasteiger partial charge in [-0.3, -0.25) is 5.32 Å². The summed E-state index contributed by atoms with van der Waals surface area (Å²) in [5.74, 6) is 0.543. The molecule has 0 aromatic carbocycles. The lowest BCUT2D eigenvalue weighted by Crippen LogP contribution is -2.45. The van der Waals surface area contributed by atoms with Gasteiger partial charge in [0.2, 0.25) is 0 Å². The van der Waals surface area contributed by atoms with Crippen LogP contribution in [0.15, 0.2) is 0 Å². The highest BCUT2D eigenvalue weighted by Crippen LogP contribution is 2.14. The second kappa shape index (κ2) is 6.95. The molecule has 2 unspecified atom stereocenters. The van der Waals surface area contributed by atoms with Gasteiger partial charge in [0, 0.05) is 31.6 Å². The quantitative estimate of drug-likeness (QED) is 0.688. The summed E-state index contributed by atoms with van der Waals surface area (Å²) in [6.07, 6.45) is 1.81. The van der Waals surface area contributed by atoms with E-state index in [1.165, 1.54) is 0 Å². The minimum Gasteiger partial charge on any atom is -0.381 e. The van der Waals surface area contributed by atoms with Gasteiger partial charge in [-0.05, 0) is 27.2 Å². The van der Waals surface area contributed by atoms with Crippen molar-refractivity contribution in [3.05, 3.63) is 0 Å². The third-order valence-corrected chi connectivity index (χ3v) is 2.98. The summed E-state index contributed by atoms with van der Waals surface area (Å²) in [5.41, 5.74) is -0.486. The Morgan fingerprint density at radius 3 is 2.88 bits per heavy atom. The van der Waals surface area contributed by atoms with Crippen molar-refractivity contribution < 1.29 is 9.47 Å². The summed E-state index contributed by atoms with van der Waals surface area (Å²) in [5, 5.41) is 12.4. The highest BCUT2D eigenvalue weighted by atomic mass is 16.5. The van der Waals surface area contributed by atoms with Crippen molar-refractivity contribution in [2.75, 3.05) is 26.4 Å². The molecule has 1 saturated heterocycles. The highest BCUT2D eigenvalue weighted by Gasteiger charge is 2.24. The van der Waals surface area contributed by atoms with E-state index in [0.717, 1.165) is 32.7 Å². The first-order valence-electron chi connectivity index (χ1n) is 6.40. The minimum absolute atomic E-state index is 0.308. The zero-order valence-corrected chi connectivity index (χ0v) is 11.2. The topological polar surface area (TPSA) is 54.3 Å². The van der Waals surface area contributed by atoms with Crippen molar-refractivity contribution in [1.82, 2.24) is 5.32 Å². The monoisotopic (exact) mass is 240 g/mol. The predicted molar refractivity (Wildman–Crippen MR) is 66.7 cm³/mol. The van der Waals surface area contributed by atoms with Gasteiger partial charge >= 0.3 is 0 Å². The van der Waals surface area contributed by atoms with E-state index in [2.05, 4.69) is 11.4 Å². The van der Waals surface area contributed by atoms with Crippen molar-refractivity contribution in [2.45, 2.75) is 45.2 Å². The molecule has 2 atom stereocenters. The van der Waals surface area contributed by atoms with E-state index >= 15 is 0 Å². The van der Waals surface area contributed by atoms with E-state index in [0.29, 0.717) is 18.6 Å². The van der Waals surface area contributed by atoms with Gasteiger partial charge in [0.1, 0.15) is 5.54 Å². The molecule has 17 heavy (non-hydrogen) atoms. The molecule has 0 amide bonds. The number of nitriles is 1. The van der Waals surface area contributed by atoms with Crippen LogP contribution in [0.1, 0.15) is 33.6 Å². The SMILES string of the molecule is CC(C)NC(C)(C#N)CCOCC1CCOC1. The van der Waals surface area contributed by atoms with Crippen LogP contribution < -0.4 is 5.32 Å². The van der Waals surface area contributed by atoms with Crippen LogP contribution in [0.2, 0.25) is 0 Å². The first-order valence-corrected chi connectivity index (χ1v) is 6.40. The second-order valence-corrected chi connectivity index (χ2v) is 5.30. The molecule has 0 radical (unpaired) electrons. The lowest BCUT2D eigenvalue weighted by molar-refractivity contribution is 0.0792. The van der Waals surface area contributed by atoms with Crippen LogP contribution in [0.25, 0.3) is 0 Å². The Morgan fingerprint density at radius 1 is 1.59 bits per heavy atom. The summed E-state index contributed by atoms with van der Waals surface area (Å²) in [7, 11) is 0. The standard InChI is InChI=1S/C13H24N2O2/c1-11(2)15-13(3,10-14)5-7-17-9-12-4-6-16-8-12/h11-12,15H,4-9H2,1-3H3. The smallest absolute Gasteiger partial charge is 0.106 e. The molecule has 0 bridgehead atoms. The number of rotatable bonds is 7. The molecule has 0 aromatic rings. The van der Waals surface area contributed by atoms with Crippen LogP contribution in [-0.2, 0) is 9.47 Å². The number of hydrogen-bond donors (Lipinski definition) is 1. The minimum atomic E-state index is -0.486. The molecule has 1 aliphatic rings. The first kappa shape index (κ1) is 14.4. The third-order valence-electron chi connectivity index (χ3n) is 2.98. The van der Waals surface area contributed by atoms with E-state index in [-0.39, 0.29) is 0 Å². The summed E-state index contributed by atoms with van der Waals surface area (Å²) < 4.78 is 10.9. The maximum atomic E-state index is 9.16. The van der Waals surface area contributed by atoms with Crippen LogP contribution in [0.3, 0.4) is 0 Å².